The van der Waals surface area contributed by atoms with Crippen molar-refractivity contribution in [3.8, 4) is 0 Å². The maximum Gasteiger partial charge on any atom is 0.243 e. The molecule has 2 amide bonds. The molecule has 1 aliphatic rings. The molecule has 0 aliphatic heterocycles. The molecule has 1 atom stereocenters. The lowest BCUT2D eigenvalue weighted by Crippen LogP contribution is -2.51. The van der Waals surface area contributed by atoms with Gasteiger partial charge in [0.05, 0.1) is 5.75 Å². The zero-order valence-electron chi connectivity index (χ0n) is 18.7. The van der Waals surface area contributed by atoms with E-state index in [-0.39, 0.29) is 30.2 Å². The van der Waals surface area contributed by atoms with Crippen LogP contribution >= 0.6 is 46.6 Å². The third-order valence-corrected chi connectivity index (χ3v) is 7.81. The number of thioether (sulfide) groups is 1. The molecule has 4 nitrogen and oxygen atoms in total. The van der Waals surface area contributed by atoms with Gasteiger partial charge >= 0.3 is 0 Å². The Bertz CT molecular complexity index is 966. The Labute approximate surface area is 215 Å². The van der Waals surface area contributed by atoms with E-state index in [0.29, 0.717) is 27.2 Å². The van der Waals surface area contributed by atoms with Crippen LogP contribution in [0.4, 0.5) is 0 Å². The van der Waals surface area contributed by atoms with Crippen molar-refractivity contribution < 1.29 is 9.59 Å². The molecule has 33 heavy (non-hydrogen) atoms. The fraction of sp³-hybridized carbons (Fsp3) is 0.440. The lowest BCUT2D eigenvalue weighted by molar-refractivity contribution is -0.139. The van der Waals surface area contributed by atoms with E-state index in [9.17, 15) is 9.59 Å². The van der Waals surface area contributed by atoms with Gasteiger partial charge in [-0.3, -0.25) is 9.59 Å². The van der Waals surface area contributed by atoms with Crippen molar-refractivity contribution in [3.05, 3.63) is 68.7 Å². The Kier molecular flexibility index (Phi) is 10.2. The molecule has 0 saturated heterocycles. The summed E-state index contributed by atoms with van der Waals surface area (Å²) in [5.41, 5.74) is 1.74. The van der Waals surface area contributed by atoms with E-state index in [0.717, 1.165) is 36.8 Å². The van der Waals surface area contributed by atoms with Crippen molar-refractivity contribution >= 4 is 58.4 Å². The first-order valence-corrected chi connectivity index (χ1v) is 13.5. The summed E-state index contributed by atoms with van der Waals surface area (Å²) in [5, 5.41) is 4.90. The molecule has 0 unspecified atom stereocenters. The Balaban J connectivity index is 1.72. The molecule has 0 spiro atoms. The lowest BCUT2D eigenvalue weighted by Gasteiger charge is -2.31. The van der Waals surface area contributed by atoms with E-state index in [1.807, 2.05) is 31.2 Å². The summed E-state index contributed by atoms with van der Waals surface area (Å²) in [4.78, 5) is 28.2. The number of nitrogens with one attached hydrogen (secondary N) is 1. The molecule has 0 heterocycles. The van der Waals surface area contributed by atoms with Crippen LogP contribution in [0, 0.1) is 0 Å². The van der Waals surface area contributed by atoms with Crippen molar-refractivity contribution in [3.63, 3.8) is 0 Å². The molecule has 3 rings (SSSR count). The Morgan fingerprint density at radius 2 is 1.79 bits per heavy atom. The number of hydrogen-bond donors (Lipinski definition) is 1. The molecule has 1 aliphatic carbocycles. The molecule has 8 heteroatoms. The minimum Gasteiger partial charge on any atom is -0.352 e. The van der Waals surface area contributed by atoms with Gasteiger partial charge in [-0.2, -0.15) is 0 Å². The summed E-state index contributed by atoms with van der Waals surface area (Å²) < 4.78 is 0. The molecule has 0 bridgehead atoms. The van der Waals surface area contributed by atoms with Crippen LogP contribution in [0.25, 0.3) is 0 Å². The van der Waals surface area contributed by atoms with Crippen LogP contribution in [0.2, 0.25) is 15.1 Å². The molecule has 2 aromatic rings. The van der Waals surface area contributed by atoms with Gasteiger partial charge in [-0.05, 0) is 48.6 Å². The van der Waals surface area contributed by atoms with Crippen molar-refractivity contribution in [2.45, 2.75) is 63.4 Å². The van der Waals surface area contributed by atoms with Crippen LogP contribution in [0.1, 0.15) is 50.2 Å². The number of rotatable bonds is 10. The van der Waals surface area contributed by atoms with Crippen LogP contribution in [0.5, 0.6) is 0 Å². The number of carbonyl (C=O) groups excluding carboxylic acids is 2. The van der Waals surface area contributed by atoms with Gasteiger partial charge in [-0.25, -0.2) is 0 Å². The highest BCUT2D eigenvalue weighted by atomic mass is 35.5. The largest absolute Gasteiger partial charge is 0.352 e. The normalized spacial score (nSPS) is 14.8. The van der Waals surface area contributed by atoms with E-state index in [1.54, 1.807) is 23.1 Å². The molecule has 1 saturated carbocycles. The van der Waals surface area contributed by atoms with Gasteiger partial charge in [-0.15, -0.1) is 11.8 Å². The van der Waals surface area contributed by atoms with Crippen LogP contribution in [-0.2, 0) is 21.9 Å². The molecular formula is C25H29Cl3N2O2S. The minimum atomic E-state index is -0.547. The summed E-state index contributed by atoms with van der Waals surface area (Å²) in [7, 11) is 0. The van der Waals surface area contributed by atoms with Gasteiger partial charge in [0, 0.05) is 33.4 Å². The number of hydrogen-bond acceptors (Lipinski definition) is 3. The number of carbonyl (C=O) groups is 2. The second-order valence-corrected chi connectivity index (χ2v) is 10.5. The monoisotopic (exact) mass is 526 g/mol. The van der Waals surface area contributed by atoms with E-state index in [2.05, 4.69) is 5.32 Å². The third-order valence-electron chi connectivity index (χ3n) is 5.88. The maximum absolute atomic E-state index is 13.4. The minimum absolute atomic E-state index is 0.0875. The number of nitrogens with zero attached hydrogens (tertiary/aromatic N) is 1. The first-order chi connectivity index (χ1) is 15.9. The van der Waals surface area contributed by atoms with Crippen molar-refractivity contribution in [1.82, 2.24) is 10.2 Å². The lowest BCUT2D eigenvalue weighted by atomic mass is 10.1. The van der Waals surface area contributed by atoms with Gasteiger partial charge in [0.25, 0.3) is 0 Å². The Morgan fingerprint density at radius 1 is 1.06 bits per heavy atom. The zero-order valence-corrected chi connectivity index (χ0v) is 21.7. The highest BCUT2D eigenvalue weighted by Gasteiger charge is 2.30. The number of halogens is 3. The molecule has 0 radical (unpaired) electrons. The smallest absolute Gasteiger partial charge is 0.243 e. The second-order valence-electron chi connectivity index (χ2n) is 8.26. The van der Waals surface area contributed by atoms with E-state index < -0.39 is 6.04 Å². The van der Waals surface area contributed by atoms with E-state index >= 15 is 0 Å². The molecule has 1 N–H and O–H groups in total. The maximum atomic E-state index is 13.4. The van der Waals surface area contributed by atoms with Crippen molar-refractivity contribution in [1.29, 1.82) is 0 Å². The summed E-state index contributed by atoms with van der Waals surface area (Å²) in [5.74, 6) is 0.623. The predicted molar refractivity (Wildman–Crippen MR) is 139 cm³/mol. The van der Waals surface area contributed by atoms with E-state index in [4.69, 9.17) is 34.8 Å². The zero-order chi connectivity index (χ0) is 23.8. The molecule has 0 aromatic heterocycles. The second kappa shape index (κ2) is 12.9. The standard InChI is InChI=1S/C25H29Cl3N2O2S/c1-2-23(25(32)29-20-8-4-5-9-20)30(14-17-7-3-6-10-21(17)27)24(31)16-33-15-18-11-12-19(26)13-22(18)28/h3,6-7,10-13,20,23H,2,4-5,8-9,14-16H2,1H3,(H,29,32)/t23-/m1/s1. The van der Waals surface area contributed by atoms with Gasteiger partial charge < -0.3 is 10.2 Å². The molecule has 178 valence electrons. The SMILES string of the molecule is CC[C@H](C(=O)NC1CCCC1)N(Cc1ccccc1Cl)C(=O)CSCc1ccc(Cl)cc1Cl. The summed E-state index contributed by atoms with van der Waals surface area (Å²) in [6.45, 7) is 2.23. The summed E-state index contributed by atoms with van der Waals surface area (Å²) in [6, 6.07) is 12.4. The molecule has 2 aromatic carbocycles. The first-order valence-electron chi connectivity index (χ1n) is 11.2. The van der Waals surface area contributed by atoms with Crippen LogP contribution < -0.4 is 5.32 Å². The van der Waals surface area contributed by atoms with Crippen LogP contribution in [0.3, 0.4) is 0 Å². The van der Waals surface area contributed by atoms with E-state index in [1.165, 1.54) is 11.8 Å². The Hall–Kier alpha value is -1.40. The molecular weight excluding hydrogens is 499 g/mol. The van der Waals surface area contributed by atoms with Crippen molar-refractivity contribution in [2.75, 3.05) is 5.75 Å². The Morgan fingerprint density at radius 3 is 2.45 bits per heavy atom. The molecule has 1 fully saturated rings. The van der Waals surface area contributed by atoms with Crippen LogP contribution in [-0.4, -0.2) is 34.6 Å². The third kappa shape index (κ3) is 7.54. The van der Waals surface area contributed by atoms with Gasteiger partial charge in [0.15, 0.2) is 0 Å². The van der Waals surface area contributed by atoms with Gasteiger partial charge in [-0.1, -0.05) is 78.8 Å². The fourth-order valence-corrected chi connectivity index (χ4v) is 5.73. The topological polar surface area (TPSA) is 49.4 Å². The van der Waals surface area contributed by atoms with Gasteiger partial charge in [0.2, 0.25) is 11.8 Å². The van der Waals surface area contributed by atoms with Gasteiger partial charge in [0.1, 0.15) is 6.04 Å². The highest BCUT2D eigenvalue weighted by Crippen LogP contribution is 2.26. The summed E-state index contributed by atoms with van der Waals surface area (Å²) >= 11 is 20.1. The highest BCUT2D eigenvalue weighted by molar-refractivity contribution is 7.99. The number of amides is 2. The quantitative estimate of drug-likeness (QED) is 0.372. The summed E-state index contributed by atoms with van der Waals surface area (Å²) in [6.07, 6.45) is 4.79. The predicted octanol–water partition coefficient (Wildman–Crippen LogP) is 6.75. The average molecular weight is 528 g/mol. The fourth-order valence-electron chi connectivity index (χ4n) is 4.07. The van der Waals surface area contributed by atoms with Crippen molar-refractivity contribution in [2.24, 2.45) is 0 Å². The first kappa shape index (κ1) is 26.2. The number of benzene rings is 2. The average Bonchev–Trinajstić information content (AvgIpc) is 3.29. The van der Waals surface area contributed by atoms with Crippen LogP contribution in [0.15, 0.2) is 42.5 Å².